The zero-order valence-electron chi connectivity index (χ0n) is 10.9. The van der Waals surface area contributed by atoms with Crippen molar-refractivity contribution in [1.82, 2.24) is 5.32 Å². The maximum Gasteiger partial charge on any atom is 0.307 e. The summed E-state index contributed by atoms with van der Waals surface area (Å²) in [5.41, 5.74) is 1.43. The predicted molar refractivity (Wildman–Crippen MR) is 72.0 cm³/mol. The minimum Gasteiger partial charge on any atom is -0.481 e. The van der Waals surface area contributed by atoms with Crippen molar-refractivity contribution >= 4 is 17.6 Å². The van der Waals surface area contributed by atoms with Crippen LogP contribution in [0.25, 0.3) is 0 Å². The first kappa shape index (κ1) is 14.3. The third kappa shape index (κ3) is 2.90. The normalized spacial score (nSPS) is 23.0. The second-order valence-electron chi connectivity index (χ2n) is 5.29. The highest BCUT2D eigenvalue weighted by molar-refractivity contribution is 6.30. The van der Waals surface area contributed by atoms with E-state index in [1.165, 1.54) is 0 Å². The summed E-state index contributed by atoms with van der Waals surface area (Å²) < 4.78 is 13.9. The smallest absolute Gasteiger partial charge is 0.307 e. The molecule has 1 aromatic carbocycles. The summed E-state index contributed by atoms with van der Waals surface area (Å²) in [6, 6.07) is 3.30. The Bertz CT molecular complexity index is 504. The van der Waals surface area contributed by atoms with Crippen LogP contribution in [0.5, 0.6) is 0 Å². The van der Waals surface area contributed by atoms with Gasteiger partial charge in [0.05, 0.1) is 10.9 Å². The van der Waals surface area contributed by atoms with Gasteiger partial charge in [0.15, 0.2) is 0 Å². The molecule has 0 bridgehead atoms. The first-order valence-electron chi connectivity index (χ1n) is 6.35. The number of carboxylic acid groups (broad SMARTS) is 1. The molecule has 1 aliphatic heterocycles. The number of halogens is 2. The van der Waals surface area contributed by atoms with E-state index in [-0.39, 0.29) is 22.8 Å². The zero-order valence-corrected chi connectivity index (χ0v) is 11.7. The van der Waals surface area contributed by atoms with Crippen LogP contribution in [0.4, 0.5) is 4.39 Å². The van der Waals surface area contributed by atoms with Gasteiger partial charge < -0.3 is 10.4 Å². The van der Waals surface area contributed by atoms with Gasteiger partial charge in [0.2, 0.25) is 0 Å². The van der Waals surface area contributed by atoms with Crippen molar-refractivity contribution in [2.75, 3.05) is 6.54 Å². The van der Waals surface area contributed by atoms with E-state index in [0.717, 1.165) is 5.56 Å². The SMILES string of the molecule is CC(C)c1cc(C2CC(C(=O)O)CN2)cc(Cl)c1F. The van der Waals surface area contributed by atoms with E-state index < -0.39 is 11.9 Å². The number of hydrogen-bond acceptors (Lipinski definition) is 2. The lowest BCUT2D eigenvalue weighted by Gasteiger charge is -2.16. The highest BCUT2D eigenvalue weighted by atomic mass is 35.5. The first-order chi connectivity index (χ1) is 8.90. The summed E-state index contributed by atoms with van der Waals surface area (Å²) in [5.74, 6) is -1.54. The third-order valence-electron chi connectivity index (χ3n) is 3.58. The van der Waals surface area contributed by atoms with Crippen LogP contribution in [0.1, 0.15) is 43.4 Å². The molecule has 0 aliphatic carbocycles. The van der Waals surface area contributed by atoms with E-state index in [1.807, 2.05) is 13.8 Å². The second-order valence-corrected chi connectivity index (χ2v) is 5.70. The largest absolute Gasteiger partial charge is 0.481 e. The molecule has 0 spiro atoms. The fourth-order valence-electron chi connectivity index (χ4n) is 2.43. The maximum absolute atomic E-state index is 13.9. The Morgan fingerprint density at radius 3 is 2.74 bits per heavy atom. The van der Waals surface area contributed by atoms with Crippen LogP contribution in [-0.2, 0) is 4.79 Å². The van der Waals surface area contributed by atoms with Crippen LogP contribution in [0.15, 0.2) is 12.1 Å². The monoisotopic (exact) mass is 285 g/mol. The van der Waals surface area contributed by atoms with Crippen molar-refractivity contribution in [2.45, 2.75) is 32.2 Å². The number of rotatable bonds is 3. The van der Waals surface area contributed by atoms with Gasteiger partial charge in [-0.3, -0.25) is 4.79 Å². The Morgan fingerprint density at radius 1 is 1.53 bits per heavy atom. The summed E-state index contributed by atoms with van der Waals surface area (Å²) in [4.78, 5) is 10.9. The molecule has 0 amide bonds. The van der Waals surface area contributed by atoms with Crippen molar-refractivity contribution in [3.05, 3.63) is 34.1 Å². The molecule has 1 aromatic rings. The molecular formula is C14H17ClFNO2. The minimum atomic E-state index is -0.799. The summed E-state index contributed by atoms with van der Waals surface area (Å²) in [6.07, 6.45) is 0.509. The lowest BCUT2D eigenvalue weighted by Crippen LogP contribution is -2.17. The Balaban J connectivity index is 2.29. The highest BCUT2D eigenvalue weighted by Crippen LogP contribution is 2.33. The van der Waals surface area contributed by atoms with Crippen LogP contribution >= 0.6 is 11.6 Å². The highest BCUT2D eigenvalue weighted by Gasteiger charge is 2.31. The van der Waals surface area contributed by atoms with E-state index in [0.29, 0.717) is 18.5 Å². The van der Waals surface area contributed by atoms with Crippen molar-refractivity contribution in [1.29, 1.82) is 0 Å². The molecule has 1 saturated heterocycles. The van der Waals surface area contributed by atoms with Gasteiger partial charge in [0.25, 0.3) is 0 Å². The number of aliphatic carboxylic acids is 1. The number of carbonyl (C=O) groups is 1. The van der Waals surface area contributed by atoms with Crippen LogP contribution < -0.4 is 5.32 Å². The van der Waals surface area contributed by atoms with E-state index in [9.17, 15) is 9.18 Å². The van der Waals surface area contributed by atoms with Gasteiger partial charge in [-0.05, 0) is 29.5 Å². The van der Waals surface area contributed by atoms with Gasteiger partial charge >= 0.3 is 5.97 Å². The Morgan fingerprint density at radius 2 is 2.21 bits per heavy atom. The Labute approximate surface area is 116 Å². The van der Waals surface area contributed by atoms with Gasteiger partial charge in [-0.25, -0.2) is 4.39 Å². The van der Waals surface area contributed by atoms with Gasteiger partial charge in [-0.1, -0.05) is 31.5 Å². The molecule has 5 heteroatoms. The molecule has 1 aliphatic rings. The molecule has 104 valence electrons. The van der Waals surface area contributed by atoms with Gasteiger partial charge in [0.1, 0.15) is 5.82 Å². The quantitative estimate of drug-likeness (QED) is 0.895. The lowest BCUT2D eigenvalue weighted by atomic mass is 9.95. The van der Waals surface area contributed by atoms with Gasteiger partial charge in [0, 0.05) is 12.6 Å². The van der Waals surface area contributed by atoms with E-state index in [1.54, 1.807) is 12.1 Å². The van der Waals surface area contributed by atoms with Gasteiger partial charge in [-0.2, -0.15) is 0 Å². The molecule has 1 fully saturated rings. The molecule has 2 atom stereocenters. The standard InChI is InChI=1S/C14H17ClFNO2/c1-7(2)10-3-8(4-11(15)13(10)16)12-5-9(6-17-12)14(18)19/h3-4,7,9,12,17H,5-6H2,1-2H3,(H,18,19). The molecule has 2 rings (SSSR count). The van der Waals surface area contributed by atoms with Crippen LogP contribution in [0.2, 0.25) is 5.02 Å². The van der Waals surface area contributed by atoms with E-state index >= 15 is 0 Å². The average Bonchev–Trinajstić information content (AvgIpc) is 2.81. The molecule has 19 heavy (non-hydrogen) atoms. The third-order valence-corrected chi connectivity index (χ3v) is 3.86. The van der Waals surface area contributed by atoms with Crippen LogP contribution in [0.3, 0.4) is 0 Å². The molecule has 3 nitrogen and oxygen atoms in total. The summed E-state index contributed by atoms with van der Waals surface area (Å²) in [7, 11) is 0. The average molecular weight is 286 g/mol. The zero-order chi connectivity index (χ0) is 14.2. The van der Waals surface area contributed by atoms with Crippen LogP contribution in [-0.4, -0.2) is 17.6 Å². The Kier molecular flexibility index (Phi) is 4.11. The summed E-state index contributed by atoms with van der Waals surface area (Å²) >= 11 is 5.92. The molecule has 0 aromatic heterocycles. The second kappa shape index (κ2) is 5.47. The number of nitrogens with one attached hydrogen (secondary N) is 1. The van der Waals surface area contributed by atoms with Gasteiger partial charge in [-0.15, -0.1) is 0 Å². The van der Waals surface area contributed by atoms with Crippen molar-refractivity contribution < 1.29 is 14.3 Å². The summed E-state index contributed by atoms with van der Waals surface area (Å²) in [5, 5.41) is 12.2. The molecule has 0 radical (unpaired) electrons. The van der Waals surface area contributed by atoms with E-state index in [2.05, 4.69) is 5.32 Å². The predicted octanol–water partition coefficient (Wildman–Crippen LogP) is 3.34. The summed E-state index contributed by atoms with van der Waals surface area (Å²) in [6.45, 7) is 4.24. The Hall–Kier alpha value is -1.13. The molecule has 2 unspecified atom stereocenters. The van der Waals surface area contributed by atoms with Crippen molar-refractivity contribution in [3.8, 4) is 0 Å². The fraction of sp³-hybridized carbons (Fsp3) is 0.500. The van der Waals surface area contributed by atoms with Crippen LogP contribution in [0, 0.1) is 11.7 Å². The number of carboxylic acids is 1. The molecule has 2 N–H and O–H groups in total. The number of benzene rings is 1. The van der Waals surface area contributed by atoms with E-state index in [4.69, 9.17) is 16.7 Å². The van der Waals surface area contributed by atoms with Crippen molar-refractivity contribution in [2.24, 2.45) is 5.92 Å². The fourth-order valence-corrected chi connectivity index (χ4v) is 2.67. The molecule has 1 heterocycles. The molecule has 0 saturated carbocycles. The maximum atomic E-state index is 13.9. The molecular weight excluding hydrogens is 269 g/mol. The number of hydrogen-bond donors (Lipinski definition) is 2. The van der Waals surface area contributed by atoms with Crippen molar-refractivity contribution in [3.63, 3.8) is 0 Å². The topological polar surface area (TPSA) is 49.3 Å². The lowest BCUT2D eigenvalue weighted by molar-refractivity contribution is -0.141. The minimum absolute atomic E-state index is 0.0362. The first-order valence-corrected chi connectivity index (χ1v) is 6.73.